The largest absolute Gasteiger partial charge is 0.371 e. The van der Waals surface area contributed by atoms with E-state index < -0.39 is 0 Å². The minimum atomic E-state index is 0.483. The van der Waals surface area contributed by atoms with Crippen molar-refractivity contribution in [1.82, 2.24) is 5.32 Å². The van der Waals surface area contributed by atoms with Gasteiger partial charge in [0.25, 0.3) is 0 Å². The first kappa shape index (κ1) is 13.0. The minimum Gasteiger partial charge on any atom is -0.371 e. The molecule has 0 amide bonds. The van der Waals surface area contributed by atoms with Crippen molar-refractivity contribution in [3.8, 4) is 0 Å². The Labute approximate surface area is 117 Å². The summed E-state index contributed by atoms with van der Waals surface area (Å²) in [5, 5.41) is 3.46. The number of hydrogen-bond donors (Lipinski definition) is 1. The molecule has 1 aliphatic heterocycles. The third-order valence-corrected chi connectivity index (χ3v) is 5.14. The summed E-state index contributed by atoms with van der Waals surface area (Å²) in [6.45, 7) is 4.82. The third-order valence-electron chi connectivity index (χ3n) is 5.14. The Balaban J connectivity index is 1.84. The van der Waals surface area contributed by atoms with Gasteiger partial charge in [-0.3, -0.25) is 0 Å². The second-order valence-electron chi connectivity index (χ2n) is 6.16. The lowest BCUT2D eigenvalue weighted by Crippen LogP contribution is -2.25. The molecule has 1 saturated carbocycles. The van der Waals surface area contributed by atoms with Gasteiger partial charge in [-0.25, -0.2) is 0 Å². The fourth-order valence-corrected chi connectivity index (χ4v) is 4.08. The number of fused-ring (bicyclic) bond motifs is 1. The van der Waals surface area contributed by atoms with Crippen LogP contribution in [-0.4, -0.2) is 20.1 Å². The highest BCUT2D eigenvalue weighted by Gasteiger charge is 2.36. The first-order valence-corrected chi connectivity index (χ1v) is 7.84. The van der Waals surface area contributed by atoms with Gasteiger partial charge >= 0.3 is 0 Å². The summed E-state index contributed by atoms with van der Waals surface area (Å²) in [6.07, 6.45) is 5.51. The zero-order valence-electron chi connectivity index (χ0n) is 12.2. The predicted octanol–water partition coefficient (Wildman–Crippen LogP) is 3.59. The van der Waals surface area contributed by atoms with Gasteiger partial charge < -0.3 is 10.2 Å². The van der Waals surface area contributed by atoms with E-state index in [9.17, 15) is 0 Å². The molecule has 19 heavy (non-hydrogen) atoms. The van der Waals surface area contributed by atoms with Gasteiger partial charge in [-0.2, -0.15) is 0 Å². The molecule has 1 N–H and O–H groups in total. The van der Waals surface area contributed by atoms with E-state index in [0.717, 1.165) is 18.3 Å². The summed E-state index contributed by atoms with van der Waals surface area (Å²) in [4.78, 5) is 2.64. The van der Waals surface area contributed by atoms with Crippen molar-refractivity contribution in [3.63, 3.8) is 0 Å². The van der Waals surface area contributed by atoms with Crippen LogP contribution in [0, 0.1) is 11.8 Å². The molecule has 1 heterocycles. The molecular formula is C17H26N2. The van der Waals surface area contributed by atoms with Crippen LogP contribution < -0.4 is 10.2 Å². The Morgan fingerprint density at radius 1 is 1.21 bits per heavy atom. The molecule has 3 rings (SSSR count). The molecule has 1 aliphatic carbocycles. The molecule has 2 heteroatoms. The maximum atomic E-state index is 3.46. The van der Waals surface area contributed by atoms with Crippen molar-refractivity contribution in [2.24, 2.45) is 11.8 Å². The van der Waals surface area contributed by atoms with E-state index in [1.165, 1.54) is 43.6 Å². The molecule has 2 aliphatic rings. The molecule has 0 radical (unpaired) electrons. The van der Waals surface area contributed by atoms with Crippen LogP contribution in [0.1, 0.15) is 44.2 Å². The number of benzene rings is 1. The first-order chi connectivity index (χ1) is 9.33. The van der Waals surface area contributed by atoms with Gasteiger partial charge in [-0.1, -0.05) is 31.5 Å². The van der Waals surface area contributed by atoms with E-state index >= 15 is 0 Å². The lowest BCUT2D eigenvalue weighted by atomic mass is 10.0. The Bertz CT molecular complexity index is 413. The van der Waals surface area contributed by atoms with Gasteiger partial charge in [0.2, 0.25) is 0 Å². The molecule has 2 fully saturated rings. The van der Waals surface area contributed by atoms with Crippen LogP contribution in [-0.2, 0) is 0 Å². The summed E-state index contributed by atoms with van der Waals surface area (Å²) < 4.78 is 0. The molecule has 0 aromatic heterocycles. The average molecular weight is 258 g/mol. The van der Waals surface area contributed by atoms with Crippen molar-refractivity contribution in [2.75, 3.05) is 25.0 Å². The van der Waals surface area contributed by atoms with Crippen LogP contribution >= 0.6 is 0 Å². The molecular weight excluding hydrogens is 232 g/mol. The zero-order chi connectivity index (χ0) is 13.2. The molecule has 3 atom stereocenters. The van der Waals surface area contributed by atoms with E-state index in [0.29, 0.717) is 6.04 Å². The quantitative estimate of drug-likeness (QED) is 0.888. The van der Waals surface area contributed by atoms with Crippen LogP contribution in [0.15, 0.2) is 24.3 Å². The Kier molecular flexibility index (Phi) is 3.79. The maximum Gasteiger partial charge on any atom is 0.0414 e. The van der Waals surface area contributed by atoms with Gasteiger partial charge in [0.1, 0.15) is 0 Å². The highest BCUT2D eigenvalue weighted by molar-refractivity contribution is 5.56. The number of anilines is 1. The van der Waals surface area contributed by atoms with E-state index in [2.05, 4.69) is 48.5 Å². The van der Waals surface area contributed by atoms with Gasteiger partial charge in [0.15, 0.2) is 0 Å². The SMILES string of the molecule is CCC(NC)c1ccccc1N1CC2CCCC2C1. The normalized spacial score (nSPS) is 27.6. The molecule has 1 aromatic carbocycles. The lowest BCUT2D eigenvalue weighted by Gasteiger charge is -2.26. The molecule has 0 bridgehead atoms. The number of rotatable bonds is 4. The fourth-order valence-electron chi connectivity index (χ4n) is 4.08. The van der Waals surface area contributed by atoms with E-state index in [-0.39, 0.29) is 0 Å². The molecule has 1 saturated heterocycles. The van der Waals surface area contributed by atoms with Crippen LogP contribution in [0.3, 0.4) is 0 Å². The van der Waals surface area contributed by atoms with E-state index in [4.69, 9.17) is 0 Å². The zero-order valence-corrected chi connectivity index (χ0v) is 12.2. The first-order valence-electron chi connectivity index (χ1n) is 7.84. The third kappa shape index (κ3) is 2.38. The standard InChI is InChI=1S/C17H26N2/c1-3-16(18-2)15-9-4-5-10-17(15)19-11-13-7-6-8-14(13)12-19/h4-5,9-10,13-14,16,18H,3,6-8,11-12H2,1-2H3. The van der Waals surface area contributed by atoms with Gasteiger partial charge in [-0.05, 0) is 49.8 Å². The number of hydrogen-bond acceptors (Lipinski definition) is 2. The van der Waals surface area contributed by atoms with Crippen LogP contribution in [0.2, 0.25) is 0 Å². The summed E-state index contributed by atoms with van der Waals surface area (Å²) >= 11 is 0. The fraction of sp³-hybridized carbons (Fsp3) is 0.647. The second kappa shape index (κ2) is 5.54. The number of para-hydroxylation sites is 1. The minimum absolute atomic E-state index is 0.483. The summed E-state index contributed by atoms with van der Waals surface area (Å²) in [5.74, 6) is 1.92. The van der Waals surface area contributed by atoms with Crippen molar-refractivity contribution in [1.29, 1.82) is 0 Å². The Morgan fingerprint density at radius 2 is 1.89 bits per heavy atom. The summed E-state index contributed by atoms with van der Waals surface area (Å²) in [7, 11) is 2.07. The highest BCUT2D eigenvalue weighted by atomic mass is 15.2. The molecule has 104 valence electrons. The lowest BCUT2D eigenvalue weighted by molar-refractivity contribution is 0.494. The Hall–Kier alpha value is -1.02. The molecule has 3 unspecified atom stereocenters. The van der Waals surface area contributed by atoms with Crippen molar-refractivity contribution in [2.45, 2.75) is 38.6 Å². The van der Waals surface area contributed by atoms with E-state index in [1.54, 1.807) is 0 Å². The summed E-state index contributed by atoms with van der Waals surface area (Å²) in [6, 6.07) is 9.46. The summed E-state index contributed by atoms with van der Waals surface area (Å²) in [5.41, 5.74) is 2.95. The second-order valence-corrected chi connectivity index (χ2v) is 6.16. The van der Waals surface area contributed by atoms with Crippen LogP contribution in [0.5, 0.6) is 0 Å². The topological polar surface area (TPSA) is 15.3 Å². The molecule has 2 nitrogen and oxygen atoms in total. The highest BCUT2D eigenvalue weighted by Crippen LogP contribution is 2.41. The average Bonchev–Trinajstić information content (AvgIpc) is 3.01. The molecule has 1 aromatic rings. The van der Waals surface area contributed by atoms with Gasteiger partial charge in [0.05, 0.1) is 0 Å². The van der Waals surface area contributed by atoms with Crippen molar-refractivity contribution in [3.05, 3.63) is 29.8 Å². The predicted molar refractivity (Wildman–Crippen MR) is 81.6 cm³/mol. The van der Waals surface area contributed by atoms with Gasteiger partial charge in [-0.15, -0.1) is 0 Å². The number of nitrogens with zero attached hydrogens (tertiary/aromatic N) is 1. The Morgan fingerprint density at radius 3 is 2.53 bits per heavy atom. The number of nitrogens with one attached hydrogen (secondary N) is 1. The van der Waals surface area contributed by atoms with Gasteiger partial charge in [0, 0.05) is 24.8 Å². The monoisotopic (exact) mass is 258 g/mol. The van der Waals surface area contributed by atoms with Crippen molar-refractivity contribution >= 4 is 5.69 Å². The van der Waals surface area contributed by atoms with E-state index in [1.807, 2.05) is 0 Å². The van der Waals surface area contributed by atoms with Crippen LogP contribution in [0.4, 0.5) is 5.69 Å². The molecule has 0 spiro atoms. The smallest absolute Gasteiger partial charge is 0.0414 e. The van der Waals surface area contributed by atoms with Crippen molar-refractivity contribution < 1.29 is 0 Å². The maximum absolute atomic E-state index is 3.46. The van der Waals surface area contributed by atoms with Crippen LogP contribution in [0.25, 0.3) is 0 Å².